The van der Waals surface area contributed by atoms with Crippen LogP contribution in [-0.4, -0.2) is 16.3 Å². The molecular weight excluding hydrogens is 192 g/mol. The van der Waals surface area contributed by atoms with Crippen molar-refractivity contribution in [2.75, 3.05) is 0 Å². The van der Waals surface area contributed by atoms with E-state index in [2.05, 4.69) is 0 Å². The average molecular weight is 204 g/mol. The van der Waals surface area contributed by atoms with Crippen LogP contribution in [0.1, 0.15) is 29.2 Å². The Bertz CT molecular complexity index is 437. The maximum absolute atomic E-state index is 9.82. The Morgan fingerprint density at radius 1 is 1.47 bits per heavy atom. The Kier molecular flexibility index (Phi) is 2.35. The van der Waals surface area contributed by atoms with E-state index in [1.165, 1.54) is 6.07 Å². The lowest BCUT2D eigenvalue weighted by molar-refractivity contribution is 0.133. The van der Waals surface area contributed by atoms with Crippen molar-refractivity contribution in [3.63, 3.8) is 0 Å². The zero-order chi connectivity index (χ0) is 11.0. The summed E-state index contributed by atoms with van der Waals surface area (Å²) in [6.45, 7) is 0. The number of nitrogens with zero attached hydrogens (tertiary/aromatic N) is 1. The molecule has 4 N–H and O–H groups in total. The van der Waals surface area contributed by atoms with Crippen LogP contribution in [0.25, 0.3) is 0 Å². The third kappa shape index (κ3) is 1.46. The Morgan fingerprint density at radius 3 is 2.87 bits per heavy atom. The number of fused-ring (bicyclic) bond motifs is 1. The van der Waals surface area contributed by atoms with E-state index >= 15 is 0 Å². The molecule has 1 aliphatic rings. The molecule has 1 aromatic carbocycles. The van der Waals surface area contributed by atoms with E-state index in [0.717, 1.165) is 5.56 Å². The molecule has 0 amide bonds. The molecule has 0 spiro atoms. The molecule has 1 aromatic rings. The molecule has 15 heavy (non-hydrogen) atoms. The highest BCUT2D eigenvalue weighted by atomic mass is 16.3. The van der Waals surface area contributed by atoms with E-state index in [9.17, 15) is 10.2 Å². The molecular formula is C11H12N2O2. The van der Waals surface area contributed by atoms with E-state index in [1.54, 1.807) is 6.07 Å². The van der Waals surface area contributed by atoms with Crippen LogP contribution in [0, 0.1) is 11.3 Å². The topological polar surface area (TPSA) is 90.3 Å². The third-order valence-electron chi connectivity index (χ3n) is 2.89. The van der Waals surface area contributed by atoms with Gasteiger partial charge in [0.05, 0.1) is 11.7 Å². The molecule has 0 aliphatic heterocycles. The molecule has 4 nitrogen and oxygen atoms in total. The summed E-state index contributed by atoms with van der Waals surface area (Å²) in [5, 5.41) is 28.2. The molecule has 2 atom stereocenters. The Labute approximate surface area is 87.6 Å². The first kappa shape index (κ1) is 9.97. The summed E-state index contributed by atoms with van der Waals surface area (Å²) in [6, 6.07) is 4.74. The second-order valence-corrected chi connectivity index (χ2v) is 3.79. The number of aliphatic hydroxyl groups excluding tert-OH is 1. The van der Waals surface area contributed by atoms with Crippen LogP contribution >= 0.6 is 0 Å². The normalized spacial score (nSPS) is 24.3. The molecule has 2 rings (SSSR count). The van der Waals surface area contributed by atoms with Crippen molar-refractivity contribution in [3.05, 3.63) is 28.8 Å². The lowest BCUT2D eigenvalue weighted by Crippen LogP contribution is -2.33. The van der Waals surface area contributed by atoms with Crippen LogP contribution in [0.15, 0.2) is 12.1 Å². The molecule has 0 heterocycles. The van der Waals surface area contributed by atoms with Crippen LogP contribution < -0.4 is 5.73 Å². The predicted molar refractivity (Wildman–Crippen MR) is 54.1 cm³/mol. The lowest BCUT2D eigenvalue weighted by atomic mass is 9.83. The summed E-state index contributed by atoms with van der Waals surface area (Å²) >= 11 is 0. The summed E-state index contributed by atoms with van der Waals surface area (Å²) in [6.07, 6.45) is 0.526. The molecule has 1 aliphatic carbocycles. The maximum atomic E-state index is 9.82. The number of phenols is 1. The highest BCUT2D eigenvalue weighted by molar-refractivity contribution is 5.53. The Hall–Kier alpha value is -1.57. The Morgan fingerprint density at radius 2 is 2.20 bits per heavy atom. The summed E-state index contributed by atoms with van der Waals surface area (Å²) < 4.78 is 0. The van der Waals surface area contributed by atoms with Gasteiger partial charge in [-0.05, 0) is 30.0 Å². The van der Waals surface area contributed by atoms with Crippen molar-refractivity contribution in [3.8, 4) is 11.8 Å². The minimum Gasteiger partial charge on any atom is -0.507 e. The first-order valence-electron chi connectivity index (χ1n) is 4.83. The molecule has 0 bridgehead atoms. The van der Waals surface area contributed by atoms with Gasteiger partial charge in [0, 0.05) is 6.04 Å². The van der Waals surface area contributed by atoms with Crippen molar-refractivity contribution < 1.29 is 10.2 Å². The van der Waals surface area contributed by atoms with Gasteiger partial charge in [-0.2, -0.15) is 5.26 Å². The van der Waals surface area contributed by atoms with Gasteiger partial charge in [0.25, 0.3) is 0 Å². The fourth-order valence-electron chi connectivity index (χ4n) is 2.02. The average Bonchev–Trinajstić information content (AvgIpc) is 2.23. The fourth-order valence-corrected chi connectivity index (χ4v) is 2.02. The number of aliphatic hydroxyl groups is 1. The third-order valence-corrected chi connectivity index (χ3v) is 2.89. The summed E-state index contributed by atoms with van der Waals surface area (Å²) in [7, 11) is 0. The van der Waals surface area contributed by atoms with Gasteiger partial charge in [-0.15, -0.1) is 0 Å². The molecule has 0 aromatic heterocycles. The number of hydrogen-bond donors (Lipinski definition) is 3. The highest BCUT2D eigenvalue weighted by Crippen LogP contribution is 2.34. The number of benzene rings is 1. The second-order valence-electron chi connectivity index (χ2n) is 3.79. The summed E-state index contributed by atoms with van der Waals surface area (Å²) in [5.41, 5.74) is 7.39. The van der Waals surface area contributed by atoms with E-state index in [0.29, 0.717) is 18.4 Å². The minimum atomic E-state index is -0.735. The highest BCUT2D eigenvalue weighted by Gasteiger charge is 2.27. The minimum absolute atomic E-state index is 0.0288. The SMILES string of the molecule is N#Cc1c(O)ccc2c1CC[C@H](N)[C@H]2O. The largest absolute Gasteiger partial charge is 0.507 e. The van der Waals surface area contributed by atoms with Crippen molar-refractivity contribution in [1.82, 2.24) is 0 Å². The lowest BCUT2D eigenvalue weighted by Gasteiger charge is -2.27. The van der Waals surface area contributed by atoms with Gasteiger partial charge in [0.1, 0.15) is 11.8 Å². The first-order valence-corrected chi connectivity index (χ1v) is 4.83. The Balaban J connectivity index is 2.60. The van der Waals surface area contributed by atoms with Crippen LogP contribution in [0.4, 0.5) is 0 Å². The number of rotatable bonds is 0. The van der Waals surface area contributed by atoms with E-state index in [4.69, 9.17) is 11.0 Å². The van der Waals surface area contributed by atoms with Gasteiger partial charge >= 0.3 is 0 Å². The quantitative estimate of drug-likeness (QED) is 0.576. The fraction of sp³-hybridized carbons (Fsp3) is 0.364. The molecule has 0 saturated carbocycles. The molecule has 0 unspecified atom stereocenters. The van der Waals surface area contributed by atoms with Crippen molar-refractivity contribution in [2.45, 2.75) is 25.0 Å². The standard InChI is InChI=1S/C11H12N2O2/c12-5-8-6-1-3-9(13)11(15)7(6)2-4-10(8)14/h2,4,9,11,14-15H,1,3,13H2/t9-,11-/m0/s1. The first-order chi connectivity index (χ1) is 7.15. The van der Waals surface area contributed by atoms with Crippen LogP contribution in [0.2, 0.25) is 0 Å². The molecule has 0 radical (unpaired) electrons. The van der Waals surface area contributed by atoms with E-state index in [1.807, 2.05) is 6.07 Å². The van der Waals surface area contributed by atoms with Gasteiger partial charge < -0.3 is 15.9 Å². The molecule has 78 valence electrons. The van der Waals surface area contributed by atoms with E-state index in [-0.39, 0.29) is 17.4 Å². The van der Waals surface area contributed by atoms with Gasteiger partial charge in [-0.25, -0.2) is 0 Å². The van der Waals surface area contributed by atoms with Gasteiger partial charge in [-0.3, -0.25) is 0 Å². The predicted octanol–water partition coefficient (Wildman–Crippen LogP) is 0.571. The van der Waals surface area contributed by atoms with Gasteiger partial charge in [0.2, 0.25) is 0 Å². The van der Waals surface area contributed by atoms with Crippen LogP contribution in [0.5, 0.6) is 5.75 Å². The summed E-state index contributed by atoms with van der Waals surface area (Å²) in [4.78, 5) is 0. The van der Waals surface area contributed by atoms with Crippen LogP contribution in [0.3, 0.4) is 0 Å². The number of hydrogen-bond acceptors (Lipinski definition) is 4. The second kappa shape index (κ2) is 3.54. The molecule has 0 fully saturated rings. The number of phenolic OH excluding ortho intramolecular Hbond substituents is 1. The molecule has 4 heteroatoms. The van der Waals surface area contributed by atoms with Crippen LogP contribution in [-0.2, 0) is 6.42 Å². The van der Waals surface area contributed by atoms with E-state index < -0.39 is 6.10 Å². The smallest absolute Gasteiger partial charge is 0.133 e. The van der Waals surface area contributed by atoms with Crippen molar-refractivity contribution in [2.24, 2.45) is 5.73 Å². The van der Waals surface area contributed by atoms with Crippen molar-refractivity contribution >= 4 is 0 Å². The monoisotopic (exact) mass is 204 g/mol. The van der Waals surface area contributed by atoms with Gasteiger partial charge in [-0.1, -0.05) is 6.07 Å². The number of nitrogens with two attached hydrogens (primary N) is 1. The zero-order valence-electron chi connectivity index (χ0n) is 8.14. The van der Waals surface area contributed by atoms with Crippen molar-refractivity contribution in [1.29, 1.82) is 5.26 Å². The maximum Gasteiger partial charge on any atom is 0.133 e. The molecule has 0 saturated heterocycles. The number of nitriles is 1. The number of aromatic hydroxyl groups is 1. The summed E-state index contributed by atoms with van der Waals surface area (Å²) in [5.74, 6) is -0.0288. The zero-order valence-corrected chi connectivity index (χ0v) is 8.14. The van der Waals surface area contributed by atoms with Gasteiger partial charge in [0.15, 0.2) is 0 Å².